The van der Waals surface area contributed by atoms with Crippen molar-refractivity contribution < 1.29 is 14.0 Å². The van der Waals surface area contributed by atoms with E-state index in [0.29, 0.717) is 23.9 Å². The molecule has 0 amide bonds. The largest absolute Gasteiger partial charge is 0.439 e. The van der Waals surface area contributed by atoms with E-state index in [1.54, 1.807) is 13.3 Å². The van der Waals surface area contributed by atoms with Crippen LogP contribution in [0.1, 0.15) is 11.3 Å². The molecule has 0 aliphatic carbocycles. The Bertz CT molecular complexity index is 1360. The zero-order chi connectivity index (χ0) is 20.7. The molecular formula is C22H17BrN4O3. The predicted octanol–water partition coefficient (Wildman–Crippen LogP) is 5.78. The third-order valence-corrected chi connectivity index (χ3v) is 5.26. The van der Waals surface area contributed by atoms with Crippen molar-refractivity contribution in [3.63, 3.8) is 0 Å². The number of rotatable bonds is 5. The summed E-state index contributed by atoms with van der Waals surface area (Å²) in [6.45, 7) is 2.24. The first-order chi connectivity index (χ1) is 14.6. The lowest BCUT2D eigenvalue weighted by atomic mass is 10.0. The predicted molar refractivity (Wildman–Crippen MR) is 117 cm³/mol. The number of hydrogen-bond donors (Lipinski definition) is 1. The van der Waals surface area contributed by atoms with Gasteiger partial charge in [-0.15, -0.1) is 0 Å². The molecule has 150 valence electrons. The Morgan fingerprint density at radius 1 is 1.07 bits per heavy atom. The first kappa shape index (κ1) is 18.8. The molecular weight excluding hydrogens is 448 g/mol. The van der Waals surface area contributed by atoms with Crippen LogP contribution >= 0.6 is 15.9 Å². The fourth-order valence-electron chi connectivity index (χ4n) is 3.53. The second kappa shape index (κ2) is 7.55. The molecule has 0 spiro atoms. The maximum Gasteiger partial charge on any atom is 0.219 e. The van der Waals surface area contributed by atoms with Crippen molar-refractivity contribution in [2.45, 2.75) is 13.5 Å². The standard InChI is InChI=1S/C22H17BrN4O3/c1-12-7-18(27-30-12)22-16(11-28-2)21-15-8-14(29-20-6-3-13(23)9-24-20)4-5-17(15)26-19(21)10-25-22/h3-10,26H,11H2,1-2H3. The van der Waals surface area contributed by atoms with Crippen LogP contribution in [0.25, 0.3) is 33.2 Å². The van der Waals surface area contributed by atoms with Gasteiger partial charge in [0.15, 0.2) is 0 Å². The third kappa shape index (κ3) is 3.34. The van der Waals surface area contributed by atoms with Gasteiger partial charge in [0.2, 0.25) is 5.88 Å². The van der Waals surface area contributed by atoms with Crippen LogP contribution in [-0.4, -0.2) is 27.2 Å². The van der Waals surface area contributed by atoms with Crippen molar-refractivity contribution in [2.75, 3.05) is 7.11 Å². The molecule has 0 saturated carbocycles. The minimum absolute atomic E-state index is 0.387. The number of benzene rings is 1. The van der Waals surface area contributed by atoms with Gasteiger partial charge in [0, 0.05) is 51.8 Å². The molecule has 8 heteroatoms. The van der Waals surface area contributed by atoms with Gasteiger partial charge in [-0.25, -0.2) is 4.98 Å². The summed E-state index contributed by atoms with van der Waals surface area (Å²) in [5.41, 5.74) is 4.26. The molecule has 0 atom stereocenters. The van der Waals surface area contributed by atoms with Gasteiger partial charge in [0.25, 0.3) is 0 Å². The Kier molecular flexibility index (Phi) is 4.72. The second-order valence-corrected chi connectivity index (χ2v) is 7.79. The van der Waals surface area contributed by atoms with E-state index in [4.69, 9.17) is 14.0 Å². The third-order valence-electron chi connectivity index (χ3n) is 4.79. The minimum atomic E-state index is 0.387. The van der Waals surface area contributed by atoms with E-state index in [2.05, 4.69) is 36.0 Å². The van der Waals surface area contributed by atoms with Crippen molar-refractivity contribution in [3.05, 3.63) is 64.6 Å². The fourth-order valence-corrected chi connectivity index (χ4v) is 3.76. The van der Waals surface area contributed by atoms with Crippen molar-refractivity contribution in [2.24, 2.45) is 0 Å². The molecule has 7 nitrogen and oxygen atoms in total. The van der Waals surface area contributed by atoms with Gasteiger partial charge in [-0.05, 0) is 47.1 Å². The van der Waals surface area contributed by atoms with E-state index in [0.717, 1.165) is 43.3 Å². The van der Waals surface area contributed by atoms with Gasteiger partial charge in [-0.2, -0.15) is 0 Å². The molecule has 0 fully saturated rings. The number of fused-ring (bicyclic) bond motifs is 3. The molecule has 0 aliphatic heterocycles. The average molecular weight is 465 g/mol. The van der Waals surface area contributed by atoms with E-state index < -0.39 is 0 Å². The lowest BCUT2D eigenvalue weighted by Crippen LogP contribution is -1.97. The van der Waals surface area contributed by atoms with E-state index in [9.17, 15) is 0 Å². The van der Waals surface area contributed by atoms with Crippen molar-refractivity contribution in [3.8, 4) is 23.0 Å². The quantitative estimate of drug-likeness (QED) is 0.354. The summed E-state index contributed by atoms with van der Waals surface area (Å²) in [6.07, 6.45) is 3.51. The number of nitrogens with one attached hydrogen (secondary N) is 1. The van der Waals surface area contributed by atoms with Crippen LogP contribution in [0.4, 0.5) is 0 Å². The van der Waals surface area contributed by atoms with Gasteiger partial charge in [-0.3, -0.25) is 4.98 Å². The highest BCUT2D eigenvalue weighted by molar-refractivity contribution is 9.10. The number of aromatic nitrogens is 4. The normalized spacial score (nSPS) is 11.4. The zero-order valence-electron chi connectivity index (χ0n) is 16.3. The number of aromatic amines is 1. The topological polar surface area (TPSA) is 86.1 Å². The van der Waals surface area contributed by atoms with Crippen LogP contribution in [0.5, 0.6) is 11.6 Å². The SMILES string of the molecule is COCc1c(-c2cc(C)on2)ncc2[nH]c3ccc(Oc4ccc(Br)cn4)cc3c12. The molecule has 0 unspecified atom stereocenters. The number of nitrogens with zero attached hydrogens (tertiary/aromatic N) is 3. The van der Waals surface area contributed by atoms with Gasteiger partial charge in [0.1, 0.15) is 17.2 Å². The van der Waals surface area contributed by atoms with Crippen LogP contribution in [-0.2, 0) is 11.3 Å². The molecule has 0 bridgehead atoms. The number of halogens is 1. The van der Waals surface area contributed by atoms with Gasteiger partial charge < -0.3 is 19.0 Å². The number of H-pyrrole nitrogens is 1. The molecule has 0 saturated heterocycles. The summed E-state index contributed by atoms with van der Waals surface area (Å²) in [6, 6.07) is 11.5. The molecule has 30 heavy (non-hydrogen) atoms. The van der Waals surface area contributed by atoms with E-state index in [1.165, 1.54) is 0 Å². The van der Waals surface area contributed by atoms with Gasteiger partial charge in [-0.1, -0.05) is 5.16 Å². The first-order valence-corrected chi connectivity index (χ1v) is 10.1. The van der Waals surface area contributed by atoms with Crippen LogP contribution < -0.4 is 4.74 Å². The highest BCUT2D eigenvalue weighted by atomic mass is 79.9. The maximum atomic E-state index is 5.96. The molecule has 1 aromatic carbocycles. The van der Waals surface area contributed by atoms with Gasteiger partial charge >= 0.3 is 0 Å². The summed E-state index contributed by atoms with van der Waals surface area (Å²) in [5, 5.41) is 6.17. The van der Waals surface area contributed by atoms with Crippen LogP contribution in [0, 0.1) is 6.92 Å². The number of methoxy groups -OCH3 is 1. The minimum Gasteiger partial charge on any atom is -0.439 e. The molecule has 0 radical (unpaired) electrons. The average Bonchev–Trinajstić information content (AvgIpc) is 3.33. The summed E-state index contributed by atoms with van der Waals surface area (Å²) in [7, 11) is 1.67. The van der Waals surface area contributed by atoms with E-state index in [-0.39, 0.29) is 0 Å². The first-order valence-electron chi connectivity index (χ1n) is 9.28. The molecule has 5 rings (SSSR count). The summed E-state index contributed by atoms with van der Waals surface area (Å²) < 4.78 is 17.6. The maximum absolute atomic E-state index is 5.96. The highest BCUT2D eigenvalue weighted by Gasteiger charge is 2.18. The van der Waals surface area contributed by atoms with Crippen molar-refractivity contribution in [1.29, 1.82) is 0 Å². The van der Waals surface area contributed by atoms with Gasteiger partial charge in [0.05, 0.1) is 24.0 Å². The Hall–Kier alpha value is -3.23. The Labute approximate surface area is 180 Å². The smallest absolute Gasteiger partial charge is 0.219 e. The molecule has 5 aromatic rings. The van der Waals surface area contributed by atoms with Crippen LogP contribution in [0.15, 0.2) is 57.8 Å². The lowest BCUT2D eigenvalue weighted by Gasteiger charge is -2.08. The lowest BCUT2D eigenvalue weighted by molar-refractivity contribution is 0.186. The number of ether oxygens (including phenoxy) is 2. The fraction of sp³-hybridized carbons (Fsp3) is 0.136. The molecule has 4 aromatic heterocycles. The second-order valence-electron chi connectivity index (χ2n) is 6.88. The van der Waals surface area contributed by atoms with E-state index in [1.807, 2.05) is 49.5 Å². The number of pyridine rings is 2. The Morgan fingerprint density at radius 3 is 2.70 bits per heavy atom. The molecule has 4 heterocycles. The number of aryl methyl sites for hydroxylation is 1. The van der Waals surface area contributed by atoms with Crippen LogP contribution in [0.2, 0.25) is 0 Å². The monoisotopic (exact) mass is 464 g/mol. The summed E-state index contributed by atoms with van der Waals surface area (Å²) in [4.78, 5) is 12.3. The Balaban J connectivity index is 1.68. The highest BCUT2D eigenvalue weighted by Crippen LogP contribution is 2.36. The Morgan fingerprint density at radius 2 is 1.97 bits per heavy atom. The summed E-state index contributed by atoms with van der Waals surface area (Å²) in [5.74, 6) is 1.94. The number of hydrogen-bond acceptors (Lipinski definition) is 6. The molecule has 1 N–H and O–H groups in total. The molecule has 0 aliphatic rings. The van der Waals surface area contributed by atoms with Crippen LogP contribution in [0.3, 0.4) is 0 Å². The van der Waals surface area contributed by atoms with Crippen molar-refractivity contribution >= 4 is 37.7 Å². The van der Waals surface area contributed by atoms with E-state index >= 15 is 0 Å². The van der Waals surface area contributed by atoms with Crippen molar-refractivity contribution in [1.82, 2.24) is 20.1 Å². The zero-order valence-corrected chi connectivity index (χ0v) is 17.9. The summed E-state index contributed by atoms with van der Waals surface area (Å²) >= 11 is 3.38.